The molecule has 0 saturated carbocycles. The number of hydrogen-bond donors (Lipinski definition) is 1. The fraction of sp³-hybridized carbons (Fsp3) is 0.444. The van der Waals surface area contributed by atoms with E-state index >= 15 is 0 Å². The molecule has 2 aromatic rings. The van der Waals surface area contributed by atoms with E-state index in [2.05, 4.69) is 44.2 Å². The summed E-state index contributed by atoms with van der Waals surface area (Å²) in [6, 6.07) is 14.8. The lowest BCUT2D eigenvalue weighted by molar-refractivity contribution is 0.291. The van der Waals surface area contributed by atoms with Gasteiger partial charge in [0.1, 0.15) is 5.75 Å². The normalized spacial score (nSPS) is 12.8. The van der Waals surface area contributed by atoms with Crippen LogP contribution >= 0.6 is 0 Å². The number of ether oxygens (including phenoxy) is 1. The Morgan fingerprint density at radius 1 is 0.950 bits per heavy atom. The largest absolute Gasteiger partial charge is 0.494 e. The van der Waals surface area contributed by atoms with Gasteiger partial charge in [-0.1, -0.05) is 44.2 Å². The Bertz CT molecular complexity index is 536. The maximum atomic E-state index is 6.10. The molecule has 1 unspecified atom stereocenters. The van der Waals surface area contributed by atoms with Crippen LogP contribution in [0.15, 0.2) is 42.5 Å². The van der Waals surface area contributed by atoms with Crippen LogP contribution in [0.2, 0.25) is 0 Å². The first kappa shape index (κ1) is 14.9. The molecule has 2 rings (SSSR count). The second kappa shape index (κ2) is 7.30. The molecule has 0 aliphatic carbocycles. The molecule has 0 radical (unpaired) electrons. The van der Waals surface area contributed by atoms with Gasteiger partial charge in [-0.25, -0.2) is 0 Å². The Hall–Kier alpha value is -1.54. The smallest absolute Gasteiger partial charge is 0.119 e. The van der Waals surface area contributed by atoms with Crippen molar-refractivity contribution in [2.45, 2.75) is 39.2 Å². The summed E-state index contributed by atoms with van der Waals surface area (Å²) in [5.74, 6) is 1.65. The van der Waals surface area contributed by atoms with Crippen LogP contribution < -0.4 is 10.5 Å². The summed E-state index contributed by atoms with van der Waals surface area (Å²) >= 11 is 0. The predicted octanol–water partition coefficient (Wildman–Crippen LogP) is 4.37. The van der Waals surface area contributed by atoms with E-state index < -0.39 is 0 Å². The Morgan fingerprint density at radius 2 is 1.70 bits per heavy atom. The van der Waals surface area contributed by atoms with Crippen LogP contribution in [0.3, 0.4) is 0 Å². The lowest BCUT2D eigenvalue weighted by Crippen LogP contribution is -2.23. The molecule has 1 atom stereocenters. The molecule has 0 spiro atoms. The van der Waals surface area contributed by atoms with Crippen LogP contribution in [0.25, 0.3) is 10.8 Å². The van der Waals surface area contributed by atoms with E-state index in [9.17, 15) is 0 Å². The standard InChI is InChI=1S/C18H25NO/c1-14(2)7-9-17(19)11-12-20-18-10-8-15-5-3-4-6-16(15)13-18/h3-6,8,10,13-14,17H,7,9,11-12,19H2,1-2H3. The number of nitrogens with two attached hydrogens (primary N) is 1. The van der Waals surface area contributed by atoms with Gasteiger partial charge < -0.3 is 10.5 Å². The van der Waals surface area contributed by atoms with E-state index in [1.807, 2.05) is 12.1 Å². The predicted molar refractivity (Wildman–Crippen MR) is 86.1 cm³/mol. The third-order valence-corrected chi connectivity index (χ3v) is 3.59. The van der Waals surface area contributed by atoms with Crippen molar-refractivity contribution in [1.29, 1.82) is 0 Å². The van der Waals surface area contributed by atoms with Crippen molar-refractivity contribution < 1.29 is 4.74 Å². The van der Waals surface area contributed by atoms with Crippen LogP contribution in [-0.4, -0.2) is 12.6 Å². The summed E-state index contributed by atoms with van der Waals surface area (Å²) in [7, 11) is 0. The molecule has 2 nitrogen and oxygen atoms in total. The molecule has 20 heavy (non-hydrogen) atoms. The quantitative estimate of drug-likeness (QED) is 0.811. The van der Waals surface area contributed by atoms with E-state index in [1.54, 1.807) is 0 Å². The first-order chi connectivity index (χ1) is 9.65. The minimum Gasteiger partial charge on any atom is -0.494 e. The summed E-state index contributed by atoms with van der Waals surface area (Å²) in [5, 5.41) is 2.46. The van der Waals surface area contributed by atoms with Crippen molar-refractivity contribution in [3.05, 3.63) is 42.5 Å². The van der Waals surface area contributed by atoms with Crippen LogP contribution in [0.1, 0.15) is 33.1 Å². The van der Waals surface area contributed by atoms with E-state index in [1.165, 1.54) is 17.2 Å². The maximum Gasteiger partial charge on any atom is 0.119 e. The molecule has 0 amide bonds. The zero-order valence-corrected chi connectivity index (χ0v) is 12.5. The SMILES string of the molecule is CC(C)CCC(N)CCOc1ccc2ccccc2c1. The molecule has 2 aromatic carbocycles. The molecule has 0 aliphatic rings. The van der Waals surface area contributed by atoms with Gasteiger partial charge in [0.15, 0.2) is 0 Å². The average Bonchev–Trinajstić information content (AvgIpc) is 2.45. The van der Waals surface area contributed by atoms with Gasteiger partial charge in [0.05, 0.1) is 6.61 Å². The number of benzene rings is 2. The lowest BCUT2D eigenvalue weighted by atomic mass is 10.0. The van der Waals surface area contributed by atoms with Gasteiger partial charge in [-0.3, -0.25) is 0 Å². The number of fused-ring (bicyclic) bond motifs is 1. The van der Waals surface area contributed by atoms with Gasteiger partial charge in [0, 0.05) is 6.04 Å². The molecule has 0 saturated heterocycles. The minimum atomic E-state index is 0.248. The second-order valence-corrected chi connectivity index (χ2v) is 5.88. The maximum absolute atomic E-state index is 6.10. The molecule has 108 valence electrons. The van der Waals surface area contributed by atoms with Crippen molar-refractivity contribution in [2.75, 3.05) is 6.61 Å². The van der Waals surface area contributed by atoms with Gasteiger partial charge in [-0.15, -0.1) is 0 Å². The molecular formula is C18H25NO. The van der Waals surface area contributed by atoms with Gasteiger partial charge in [0.2, 0.25) is 0 Å². The van der Waals surface area contributed by atoms with Crippen molar-refractivity contribution in [3.63, 3.8) is 0 Å². The second-order valence-electron chi connectivity index (χ2n) is 5.88. The van der Waals surface area contributed by atoms with Gasteiger partial charge in [-0.2, -0.15) is 0 Å². The van der Waals surface area contributed by atoms with Crippen molar-refractivity contribution in [1.82, 2.24) is 0 Å². The third kappa shape index (κ3) is 4.53. The first-order valence-corrected chi connectivity index (χ1v) is 7.52. The molecule has 0 fully saturated rings. The molecule has 0 aliphatic heterocycles. The molecule has 2 heteroatoms. The topological polar surface area (TPSA) is 35.2 Å². The molecule has 0 heterocycles. The third-order valence-electron chi connectivity index (χ3n) is 3.59. The Kier molecular flexibility index (Phi) is 5.42. The highest BCUT2D eigenvalue weighted by Crippen LogP contribution is 2.20. The summed E-state index contributed by atoms with van der Waals surface area (Å²) < 4.78 is 5.81. The molecule has 0 aromatic heterocycles. The fourth-order valence-corrected chi connectivity index (χ4v) is 2.28. The Balaban J connectivity index is 1.80. The van der Waals surface area contributed by atoms with Gasteiger partial charge in [-0.05, 0) is 48.1 Å². The summed E-state index contributed by atoms with van der Waals surface area (Å²) in [5.41, 5.74) is 6.10. The van der Waals surface area contributed by atoms with E-state index in [0.717, 1.165) is 24.5 Å². The van der Waals surface area contributed by atoms with Crippen molar-refractivity contribution in [3.8, 4) is 5.75 Å². The highest BCUT2D eigenvalue weighted by atomic mass is 16.5. The molecule has 0 bridgehead atoms. The number of hydrogen-bond acceptors (Lipinski definition) is 2. The monoisotopic (exact) mass is 271 g/mol. The van der Waals surface area contributed by atoms with Crippen LogP contribution in [-0.2, 0) is 0 Å². The highest BCUT2D eigenvalue weighted by molar-refractivity contribution is 5.83. The van der Waals surface area contributed by atoms with E-state index in [4.69, 9.17) is 10.5 Å². The van der Waals surface area contributed by atoms with Crippen molar-refractivity contribution >= 4 is 10.8 Å². The van der Waals surface area contributed by atoms with Gasteiger partial charge >= 0.3 is 0 Å². The van der Waals surface area contributed by atoms with Crippen molar-refractivity contribution in [2.24, 2.45) is 11.7 Å². The zero-order valence-electron chi connectivity index (χ0n) is 12.5. The zero-order chi connectivity index (χ0) is 14.4. The summed E-state index contributed by atoms with van der Waals surface area (Å²) in [6.07, 6.45) is 3.19. The number of rotatable bonds is 7. The van der Waals surface area contributed by atoms with Crippen LogP contribution in [0, 0.1) is 5.92 Å². The fourth-order valence-electron chi connectivity index (χ4n) is 2.28. The first-order valence-electron chi connectivity index (χ1n) is 7.52. The summed E-state index contributed by atoms with van der Waals surface area (Å²) in [6.45, 7) is 5.16. The Labute approximate surface area is 121 Å². The van der Waals surface area contributed by atoms with E-state index in [-0.39, 0.29) is 6.04 Å². The van der Waals surface area contributed by atoms with Crippen LogP contribution in [0.5, 0.6) is 5.75 Å². The minimum absolute atomic E-state index is 0.248. The van der Waals surface area contributed by atoms with Crippen LogP contribution in [0.4, 0.5) is 0 Å². The van der Waals surface area contributed by atoms with Gasteiger partial charge in [0.25, 0.3) is 0 Å². The lowest BCUT2D eigenvalue weighted by Gasteiger charge is -2.14. The Morgan fingerprint density at radius 3 is 2.45 bits per heavy atom. The summed E-state index contributed by atoms with van der Waals surface area (Å²) in [4.78, 5) is 0. The molecule has 2 N–H and O–H groups in total. The highest BCUT2D eigenvalue weighted by Gasteiger charge is 2.05. The average molecular weight is 271 g/mol. The molecular weight excluding hydrogens is 246 g/mol. The van der Waals surface area contributed by atoms with E-state index in [0.29, 0.717) is 6.61 Å².